The third-order valence-electron chi connectivity index (χ3n) is 4.88. The summed E-state index contributed by atoms with van der Waals surface area (Å²) in [6.07, 6.45) is 3.21. The minimum absolute atomic E-state index is 0.0277. The van der Waals surface area contributed by atoms with Gasteiger partial charge in [0.25, 0.3) is 0 Å². The normalized spacial score (nSPS) is 19.2. The van der Waals surface area contributed by atoms with Crippen LogP contribution in [0.15, 0.2) is 34.9 Å². The third kappa shape index (κ3) is 5.15. The van der Waals surface area contributed by atoms with Crippen LogP contribution in [0.3, 0.4) is 0 Å². The van der Waals surface area contributed by atoms with Crippen LogP contribution in [-0.2, 0) is 9.59 Å². The van der Waals surface area contributed by atoms with Gasteiger partial charge in [-0.05, 0) is 19.3 Å². The van der Waals surface area contributed by atoms with Crippen molar-refractivity contribution in [2.75, 3.05) is 19.6 Å². The van der Waals surface area contributed by atoms with Crippen LogP contribution in [0.5, 0.6) is 0 Å². The first kappa shape index (κ1) is 19.1. The molecule has 0 spiro atoms. The molecule has 1 aliphatic heterocycles. The molecule has 1 N–H and O–H groups in total. The summed E-state index contributed by atoms with van der Waals surface area (Å²) in [4.78, 5) is 30.4. The van der Waals surface area contributed by atoms with Gasteiger partial charge < -0.3 is 14.7 Å². The zero-order valence-electron chi connectivity index (χ0n) is 15.7. The minimum atomic E-state index is -0.0277. The maximum absolute atomic E-state index is 12.1. The smallest absolute Gasteiger partial charge is 0.230 e. The molecule has 2 amide bonds. The zero-order chi connectivity index (χ0) is 19.1. The number of rotatable bonds is 3. The fourth-order valence-electron chi connectivity index (χ4n) is 3.32. The largest absolute Gasteiger partial charge is 0.356 e. The second-order valence-corrected chi connectivity index (χ2v) is 6.78. The predicted octanol–water partition coefficient (Wildman–Crippen LogP) is 2.75. The third-order valence-corrected chi connectivity index (χ3v) is 4.88. The topological polar surface area (TPSA) is 88.3 Å². The summed E-state index contributed by atoms with van der Waals surface area (Å²) in [7, 11) is 0. The Morgan fingerprint density at radius 1 is 1.26 bits per heavy atom. The number of carbonyl (C=O) groups excluding carboxylic acids is 2. The Kier molecular flexibility index (Phi) is 6.57. The fourth-order valence-corrected chi connectivity index (χ4v) is 3.32. The number of carbonyl (C=O) groups is 2. The Balaban J connectivity index is 1.71. The lowest BCUT2D eigenvalue weighted by molar-refractivity contribution is -0.131. The summed E-state index contributed by atoms with van der Waals surface area (Å²) in [5, 5.41) is 7.04. The summed E-state index contributed by atoms with van der Waals surface area (Å²) < 4.78 is 5.53. The lowest BCUT2D eigenvalue weighted by atomic mass is 9.99. The number of amides is 2. The SMILES string of the molecule is CCC(=O)N1CCCC(c2nc(-c3ccccc3)no2)CCNC(=O)CC1. The molecule has 2 heterocycles. The van der Waals surface area contributed by atoms with E-state index in [9.17, 15) is 9.59 Å². The highest BCUT2D eigenvalue weighted by atomic mass is 16.5. The lowest BCUT2D eigenvalue weighted by Crippen LogP contribution is -2.35. The molecule has 1 atom stereocenters. The van der Waals surface area contributed by atoms with Crippen molar-refractivity contribution >= 4 is 11.8 Å². The van der Waals surface area contributed by atoms with Crippen molar-refractivity contribution in [3.05, 3.63) is 36.2 Å². The summed E-state index contributed by atoms with van der Waals surface area (Å²) >= 11 is 0. The van der Waals surface area contributed by atoms with E-state index in [1.54, 1.807) is 4.90 Å². The van der Waals surface area contributed by atoms with E-state index in [-0.39, 0.29) is 17.7 Å². The van der Waals surface area contributed by atoms with Gasteiger partial charge in [-0.15, -0.1) is 0 Å². The van der Waals surface area contributed by atoms with E-state index in [0.717, 1.165) is 24.8 Å². The number of benzene rings is 1. The highest BCUT2D eigenvalue weighted by Crippen LogP contribution is 2.26. The lowest BCUT2D eigenvalue weighted by Gasteiger charge is -2.22. The van der Waals surface area contributed by atoms with Gasteiger partial charge in [0, 0.05) is 44.0 Å². The molecular formula is C20H26N4O3. The van der Waals surface area contributed by atoms with Gasteiger partial charge in [-0.1, -0.05) is 42.4 Å². The predicted molar refractivity (Wildman–Crippen MR) is 101 cm³/mol. The van der Waals surface area contributed by atoms with Crippen molar-refractivity contribution in [2.45, 2.75) is 44.9 Å². The van der Waals surface area contributed by atoms with Crippen LogP contribution in [0.1, 0.15) is 50.8 Å². The van der Waals surface area contributed by atoms with Crippen LogP contribution >= 0.6 is 0 Å². The first-order chi connectivity index (χ1) is 13.2. The second-order valence-electron chi connectivity index (χ2n) is 6.78. The molecule has 1 aromatic carbocycles. The molecule has 1 unspecified atom stereocenters. The maximum Gasteiger partial charge on any atom is 0.230 e. The number of hydrogen-bond acceptors (Lipinski definition) is 5. The molecule has 7 heteroatoms. The molecule has 1 aliphatic rings. The molecule has 1 saturated heterocycles. The minimum Gasteiger partial charge on any atom is -0.356 e. The highest BCUT2D eigenvalue weighted by Gasteiger charge is 2.22. The monoisotopic (exact) mass is 370 g/mol. The van der Waals surface area contributed by atoms with Crippen molar-refractivity contribution in [3.8, 4) is 11.4 Å². The number of nitrogens with zero attached hydrogens (tertiary/aromatic N) is 3. The molecule has 0 bridgehead atoms. The molecule has 2 aromatic rings. The van der Waals surface area contributed by atoms with E-state index >= 15 is 0 Å². The molecule has 27 heavy (non-hydrogen) atoms. The first-order valence-corrected chi connectivity index (χ1v) is 9.61. The fraction of sp³-hybridized carbons (Fsp3) is 0.500. The Hall–Kier alpha value is -2.70. The first-order valence-electron chi connectivity index (χ1n) is 9.61. The van der Waals surface area contributed by atoms with E-state index < -0.39 is 0 Å². The van der Waals surface area contributed by atoms with E-state index in [0.29, 0.717) is 44.2 Å². The quantitative estimate of drug-likeness (QED) is 0.897. The molecule has 0 radical (unpaired) electrons. The summed E-state index contributed by atoms with van der Waals surface area (Å²) in [6, 6.07) is 9.71. The van der Waals surface area contributed by atoms with Crippen LogP contribution < -0.4 is 5.32 Å². The number of nitrogens with one attached hydrogen (secondary N) is 1. The van der Waals surface area contributed by atoms with E-state index in [4.69, 9.17) is 4.52 Å². The average Bonchev–Trinajstić information content (AvgIpc) is 3.17. The van der Waals surface area contributed by atoms with Gasteiger partial charge in [0.05, 0.1) is 0 Å². The van der Waals surface area contributed by atoms with Gasteiger partial charge in [-0.2, -0.15) is 4.98 Å². The molecule has 7 nitrogen and oxygen atoms in total. The Morgan fingerprint density at radius 2 is 2.07 bits per heavy atom. The van der Waals surface area contributed by atoms with Gasteiger partial charge in [-0.3, -0.25) is 9.59 Å². The highest BCUT2D eigenvalue weighted by molar-refractivity contribution is 5.78. The van der Waals surface area contributed by atoms with Crippen molar-refractivity contribution < 1.29 is 14.1 Å². The summed E-state index contributed by atoms with van der Waals surface area (Å²) in [5.74, 6) is 1.29. The van der Waals surface area contributed by atoms with Crippen molar-refractivity contribution in [3.63, 3.8) is 0 Å². The Bertz CT molecular complexity index is 760. The van der Waals surface area contributed by atoms with E-state index in [2.05, 4.69) is 15.5 Å². The standard InChI is InChI=1S/C20H26N4O3/c1-2-18(26)24-13-6-9-16(10-12-21-17(25)11-14-24)20-22-19(23-27-20)15-7-4-3-5-8-15/h3-5,7-8,16H,2,6,9-14H2,1H3,(H,21,25). The van der Waals surface area contributed by atoms with Crippen LogP contribution in [0.2, 0.25) is 0 Å². The zero-order valence-corrected chi connectivity index (χ0v) is 15.7. The van der Waals surface area contributed by atoms with Gasteiger partial charge >= 0.3 is 0 Å². The molecular weight excluding hydrogens is 344 g/mol. The molecule has 1 fully saturated rings. The molecule has 1 aromatic heterocycles. The second kappa shape index (κ2) is 9.30. The van der Waals surface area contributed by atoms with Gasteiger partial charge in [0.1, 0.15) is 0 Å². The summed E-state index contributed by atoms with van der Waals surface area (Å²) in [5.41, 5.74) is 0.914. The van der Waals surface area contributed by atoms with Crippen LogP contribution in [-0.4, -0.2) is 46.5 Å². The van der Waals surface area contributed by atoms with E-state index in [1.165, 1.54) is 0 Å². The average molecular weight is 370 g/mol. The van der Waals surface area contributed by atoms with Crippen LogP contribution in [0.4, 0.5) is 0 Å². The van der Waals surface area contributed by atoms with Gasteiger partial charge in [0.15, 0.2) is 0 Å². The molecule has 0 aliphatic carbocycles. The van der Waals surface area contributed by atoms with Crippen molar-refractivity contribution in [1.82, 2.24) is 20.4 Å². The number of hydrogen-bond donors (Lipinski definition) is 1. The summed E-state index contributed by atoms with van der Waals surface area (Å²) in [6.45, 7) is 3.53. The molecule has 3 rings (SSSR count). The van der Waals surface area contributed by atoms with Crippen molar-refractivity contribution in [2.24, 2.45) is 0 Å². The molecule has 144 valence electrons. The number of aromatic nitrogens is 2. The molecule has 0 saturated carbocycles. The Morgan fingerprint density at radius 3 is 2.85 bits per heavy atom. The maximum atomic E-state index is 12.1. The van der Waals surface area contributed by atoms with Crippen LogP contribution in [0, 0.1) is 0 Å². The Labute approximate surface area is 159 Å². The van der Waals surface area contributed by atoms with Gasteiger partial charge in [0.2, 0.25) is 23.5 Å². The van der Waals surface area contributed by atoms with Crippen LogP contribution in [0.25, 0.3) is 11.4 Å². The van der Waals surface area contributed by atoms with Crippen molar-refractivity contribution in [1.29, 1.82) is 0 Å². The van der Waals surface area contributed by atoms with Gasteiger partial charge in [-0.25, -0.2) is 0 Å². The van der Waals surface area contributed by atoms with E-state index in [1.807, 2.05) is 37.3 Å².